The van der Waals surface area contributed by atoms with E-state index in [0.717, 1.165) is 43.1 Å². The molecular formula is C54H74O12. The van der Waals surface area contributed by atoms with Gasteiger partial charge in [-0.2, -0.15) is 0 Å². The number of hydrogen-bond donors (Lipinski definition) is 0. The Morgan fingerprint density at radius 1 is 0.530 bits per heavy atom. The van der Waals surface area contributed by atoms with E-state index < -0.39 is 17.2 Å². The summed E-state index contributed by atoms with van der Waals surface area (Å²) in [7, 11) is 1.60. The monoisotopic (exact) mass is 915 g/mol. The Kier molecular flexibility index (Phi) is 28.6. The molecule has 0 aliphatic heterocycles. The summed E-state index contributed by atoms with van der Waals surface area (Å²) < 4.78 is 35.4. The van der Waals surface area contributed by atoms with Gasteiger partial charge in [-0.3, -0.25) is 9.59 Å². The number of carbonyl (C=O) groups is 2. The van der Waals surface area contributed by atoms with Crippen LogP contribution < -0.4 is 35.8 Å². The van der Waals surface area contributed by atoms with Crippen LogP contribution in [0.1, 0.15) is 160 Å². The van der Waals surface area contributed by atoms with Gasteiger partial charge in [-0.1, -0.05) is 113 Å². The topological polar surface area (TPSA) is 162 Å². The van der Waals surface area contributed by atoms with Crippen LogP contribution in [-0.2, 0) is 16.0 Å². The predicted molar refractivity (Wildman–Crippen MR) is 260 cm³/mol. The van der Waals surface area contributed by atoms with Crippen molar-refractivity contribution in [3.8, 4) is 23.0 Å². The fraction of sp³-hybridized carbons (Fsp3) is 0.500. The highest BCUT2D eigenvalue weighted by Crippen LogP contribution is 2.17. The number of benzene rings is 1. The highest BCUT2D eigenvalue weighted by Gasteiger charge is 2.09. The number of methoxy groups -OCH3 is 1. The predicted octanol–water partition coefficient (Wildman–Crippen LogP) is 12.8. The van der Waals surface area contributed by atoms with Crippen LogP contribution >= 0.6 is 0 Å². The third-order valence-electron chi connectivity index (χ3n) is 10.1. The molecule has 4 aromatic rings. The molecule has 0 saturated carbocycles. The van der Waals surface area contributed by atoms with Gasteiger partial charge in [0.25, 0.3) is 0 Å². The summed E-state index contributed by atoms with van der Waals surface area (Å²) in [6.45, 7) is 14.0. The molecule has 0 aliphatic carbocycles. The second kappa shape index (κ2) is 33.6. The lowest BCUT2D eigenvalue weighted by Crippen LogP contribution is -2.11. The normalized spacial score (nSPS) is 10.8. The second-order valence-corrected chi connectivity index (χ2v) is 16.6. The first-order valence-corrected chi connectivity index (χ1v) is 23.5. The van der Waals surface area contributed by atoms with Crippen LogP contribution in [0.25, 0.3) is 0 Å². The Bertz CT molecular complexity index is 2240. The minimum absolute atomic E-state index is 0.212. The van der Waals surface area contributed by atoms with Gasteiger partial charge in [0, 0.05) is 31.0 Å². The average molecular weight is 915 g/mol. The summed E-state index contributed by atoms with van der Waals surface area (Å²) in [4.78, 5) is 57.1. The number of aryl methyl sites for hydroxylation is 4. The van der Waals surface area contributed by atoms with Crippen molar-refractivity contribution in [3.05, 3.63) is 138 Å². The van der Waals surface area contributed by atoms with Crippen LogP contribution in [0.3, 0.4) is 0 Å². The Labute approximate surface area is 391 Å². The molecule has 12 nitrogen and oxygen atoms in total. The maximum Gasteiger partial charge on any atom is 0.339 e. The molecule has 0 aliphatic rings. The van der Waals surface area contributed by atoms with E-state index in [4.69, 9.17) is 32.2 Å². The zero-order valence-corrected chi connectivity index (χ0v) is 40.8. The van der Waals surface area contributed by atoms with E-state index in [9.17, 15) is 24.0 Å². The van der Waals surface area contributed by atoms with Crippen molar-refractivity contribution in [1.82, 2.24) is 0 Å². The molecule has 0 atom stereocenters. The summed E-state index contributed by atoms with van der Waals surface area (Å²) in [5.74, 6) is 2.55. The first kappa shape index (κ1) is 56.2. The third kappa shape index (κ3) is 28.1. The first-order chi connectivity index (χ1) is 31.6. The number of ether oxygens (including phenoxy) is 4. The minimum atomic E-state index is -0.534. The number of carbonyl (C=O) groups excluding carboxylic acids is 2. The molecule has 0 bridgehead atoms. The van der Waals surface area contributed by atoms with Crippen LogP contribution in [0.5, 0.6) is 23.0 Å². The lowest BCUT2D eigenvalue weighted by molar-refractivity contribution is -0.135. The fourth-order valence-electron chi connectivity index (χ4n) is 6.59. The number of allylic oxidation sites excluding steroid dienone is 3. The van der Waals surface area contributed by atoms with Crippen molar-refractivity contribution < 1.29 is 41.8 Å². The molecule has 3 heterocycles. The Morgan fingerprint density at radius 3 is 1.42 bits per heavy atom. The first-order valence-electron chi connectivity index (χ1n) is 23.5. The van der Waals surface area contributed by atoms with E-state index in [1.165, 1.54) is 100.0 Å². The van der Waals surface area contributed by atoms with Gasteiger partial charge in [-0.25, -0.2) is 14.4 Å². The van der Waals surface area contributed by atoms with Gasteiger partial charge in [0.1, 0.15) is 46.9 Å². The van der Waals surface area contributed by atoms with E-state index in [2.05, 4.69) is 33.8 Å². The molecule has 0 amide bonds. The zero-order valence-electron chi connectivity index (χ0n) is 40.8. The molecule has 1 aromatic carbocycles. The summed E-state index contributed by atoms with van der Waals surface area (Å²) in [5, 5.41) is 0. The van der Waals surface area contributed by atoms with Crippen LogP contribution in [0.2, 0.25) is 0 Å². The van der Waals surface area contributed by atoms with Gasteiger partial charge in [0.05, 0.1) is 25.3 Å². The van der Waals surface area contributed by atoms with Gasteiger partial charge in [-0.05, 0) is 91.0 Å². The molecule has 0 N–H and O–H groups in total. The largest absolute Gasteiger partial charge is 0.497 e. The molecule has 3 aromatic heterocycles. The lowest BCUT2D eigenvalue weighted by atomic mass is 10.0. The van der Waals surface area contributed by atoms with Gasteiger partial charge in [-0.15, -0.1) is 0 Å². The fourth-order valence-corrected chi connectivity index (χ4v) is 6.59. The molecule has 0 radical (unpaired) electrons. The number of esters is 2. The molecule has 12 heteroatoms. The summed E-state index contributed by atoms with van der Waals surface area (Å²) in [6, 6.07) is 16.0. The lowest BCUT2D eigenvalue weighted by Gasteiger charge is -2.05. The highest BCUT2D eigenvalue weighted by atomic mass is 16.5. The van der Waals surface area contributed by atoms with Crippen LogP contribution in [-0.4, -0.2) is 25.7 Å². The van der Waals surface area contributed by atoms with Crippen molar-refractivity contribution in [3.63, 3.8) is 0 Å². The van der Waals surface area contributed by atoms with Crippen molar-refractivity contribution in [2.45, 2.75) is 164 Å². The van der Waals surface area contributed by atoms with Crippen LogP contribution in [0, 0.1) is 20.8 Å². The molecule has 0 spiro atoms. The molecule has 66 heavy (non-hydrogen) atoms. The second-order valence-electron chi connectivity index (χ2n) is 16.6. The molecule has 0 saturated heterocycles. The molecule has 4 rings (SSSR count). The van der Waals surface area contributed by atoms with E-state index >= 15 is 0 Å². The summed E-state index contributed by atoms with van der Waals surface area (Å²) >= 11 is 0. The van der Waals surface area contributed by atoms with E-state index in [1.54, 1.807) is 40.0 Å². The highest BCUT2D eigenvalue weighted by molar-refractivity contribution is 5.73. The smallest absolute Gasteiger partial charge is 0.339 e. The molecule has 0 fully saturated rings. The Hall–Kier alpha value is -5.91. The van der Waals surface area contributed by atoms with Gasteiger partial charge < -0.3 is 32.2 Å². The van der Waals surface area contributed by atoms with Crippen LogP contribution in [0.15, 0.2) is 112 Å². The minimum Gasteiger partial charge on any atom is -0.497 e. The standard InChI is InChI=1S/C22H36O4.C16H16O5.C16H22O3/c1-3-4-5-6-7-8-9-10-11-12-13-14-15-16-21(23)26-20-17-19(2)25-22(24)18-20;1-11-9-14(10-16(18)20-11)21-15(17)8-5-12-3-6-13(19-2)7-4-12;1-12(2)6-5-7-13(3)8-9-18-15-10-14(4)19-16(17)11-15/h17-18H,3-16H2,1-2H3;3-4,6-7,9-10H,5,8H2,1-2H3;6,8,10-11H,5,7,9H2,1-4H3/b;;13-8+. The van der Waals surface area contributed by atoms with Crippen molar-refractivity contribution in [2.75, 3.05) is 13.7 Å². The SMILES string of the molecule is CC(C)=CCC/C(C)=C/COc1cc(C)oc(=O)c1.CCCCCCCCCCCCCCCC(=O)Oc1cc(C)oc(=O)c1.COc1ccc(CCC(=O)Oc2cc(C)oc(=O)c2)cc1. The maximum absolute atomic E-state index is 11.8. The van der Waals surface area contributed by atoms with E-state index in [0.29, 0.717) is 42.5 Å². The van der Waals surface area contributed by atoms with Gasteiger partial charge >= 0.3 is 28.8 Å². The Morgan fingerprint density at radius 2 is 0.970 bits per heavy atom. The maximum atomic E-state index is 11.8. The van der Waals surface area contributed by atoms with Gasteiger partial charge in [0.15, 0.2) is 0 Å². The summed E-state index contributed by atoms with van der Waals surface area (Å²) in [6.07, 6.45) is 24.2. The van der Waals surface area contributed by atoms with Crippen molar-refractivity contribution >= 4 is 11.9 Å². The zero-order chi connectivity index (χ0) is 48.5. The van der Waals surface area contributed by atoms with Crippen molar-refractivity contribution in [1.29, 1.82) is 0 Å². The quantitative estimate of drug-likeness (QED) is 0.0333. The average Bonchev–Trinajstić information content (AvgIpc) is 3.24. The number of unbranched alkanes of at least 4 members (excludes halogenated alkanes) is 12. The number of hydrogen-bond acceptors (Lipinski definition) is 12. The third-order valence-corrected chi connectivity index (χ3v) is 10.1. The van der Waals surface area contributed by atoms with Crippen molar-refractivity contribution in [2.24, 2.45) is 0 Å². The summed E-state index contributed by atoms with van der Waals surface area (Å²) in [5.41, 5.74) is 2.24. The number of rotatable bonds is 26. The van der Waals surface area contributed by atoms with E-state index in [-0.39, 0.29) is 29.5 Å². The molecular weight excluding hydrogens is 841 g/mol. The van der Waals surface area contributed by atoms with E-state index in [1.807, 2.05) is 30.3 Å². The Balaban J connectivity index is 0.000000345. The van der Waals surface area contributed by atoms with Crippen LogP contribution in [0.4, 0.5) is 0 Å². The molecule has 362 valence electrons. The van der Waals surface area contributed by atoms with Gasteiger partial charge in [0.2, 0.25) is 0 Å². The molecule has 0 unspecified atom stereocenters.